The van der Waals surface area contributed by atoms with Crippen molar-refractivity contribution < 1.29 is 4.21 Å². The second-order valence-electron chi connectivity index (χ2n) is 2.34. The zero-order valence-corrected chi connectivity index (χ0v) is 7.52. The molecule has 62 valence electrons. The van der Waals surface area contributed by atoms with Gasteiger partial charge < -0.3 is 0 Å². The number of halogens is 1. The first kappa shape index (κ1) is 7.76. The Morgan fingerprint density at radius 2 is 2.33 bits per heavy atom. The first-order valence-electron chi connectivity index (χ1n) is 3.28. The van der Waals surface area contributed by atoms with E-state index in [1.165, 1.54) is 0 Å². The lowest BCUT2D eigenvalue weighted by atomic mass is 10.3. The van der Waals surface area contributed by atoms with Crippen molar-refractivity contribution in [3.8, 4) is 0 Å². The van der Waals surface area contributed by atoms with Gasteiger partial charge in [-0.25, -0.2) is 4.21 Å². The summed E-state index contributed by atoms with van der Waals surface area (Å²) in [5, 5.41) is 7.59. The molecule has 0 aliphatic carbocycles. The summed E-state index contributed by atoms with van der Waals surface area (Å²) < 4.78 is 10.9. The van der Waals surface area contributed by atoms with Crippen molar-refractivity contribution in [2.75, 3.05) is 0 Å². The molecule has 12 heavy (non-hydrogen) atoms. The first-order chi connectivity index (χ1) is 5.77. The molecule has 2 aromatic rings. The number of nitrogens with one attached hydrogen (secondary N) is 1. The van der Waals surface area contributed by atoms with E-state index in [9.17, 15) is 4.21 Å². The van der Waals surface area contributed by atoms with E-state index < -0.39 is 10.0 Å². The van der Waals surface area contributed by atoms with Crippen molar-refractivity contribution in [1.29, 1.82) is 0 Å². The van der Waals surface area contributed by atoms with E-state index in [1.54, 1.807) is 18.3 Å². The Balaban J connectivity index is 2.68. The molecule has 0 bridgehead atoms. The van der Waals surface area contributed by atoms with Gasteiger partial charge in [0, 0.05) is 5.39 Å². The van der Waals surface area contributed by atoms with Crippen molar-refractivity contribution in [2.45, 2.75) is 4.90 Å². The fourth-order valence-electron chi connectivity index (χ4n) is 1.02. The van der Waals surface area contributed by atoms with Crippen LogP contribution in [0.1, 0.15) is 0 Å². The van der Waals surface area contributed by atoms with Crippen LogP contribution < -0.4 is 0 Å². The van der Waals surface area contributed by atoms with Crippen LogP contribution in [-0.4, -0.2) is 14.4 Å². The highest BCUT2D eigenvalue weighted by molar-refractivity contribution is 8.08. The smallest absolute Gasteiger partial charge is 0.147 e. The number of H-pyrrole nitrogens is 1. The van der Waals surface area contributed by atoms with Crippen LogP contribution in [0.5, 0.6) is 0 Å². The molecule has 1 atom stereocenters. The number of aromatic nitrogens is 2. The Kier molecular flexibility index (Phi) is 1.86. The largest absolute Gasteiger partial charge is 0.278 e. The van der Waals surface area contributed by atoms with Crippen molar-refractivity contribution >= 4 is 31.6 Å². The van der Waals surface area contributed by atoms with Crippen molar-refractivity contribution in [1.82, 2.24) is 10.2 Å². The maximum absolute atomic E-state index is 10.9. The summed E-state index contributed by atoms with van der Waals surface area (Å²) in [6.45, 7) is 0. The van der Waals surface area contributed by atoms with Crippen LogP contribution in [0.2, 0.25) is 0 Å². The third kappa shape index (κ3) is 1.23. The van der Waals surface area contributed by atoms with Crippen LogP contribution in [0.15, 0.2) is 29.3 Å². The molecule has 5 heteroatoms. The van der Waals surface area contributed by atoms with Gasteiger partial charge in [0.25, 0.3) is 0 Å². The molecule has 1 unspecified atom stereocenters. The molecule has 1 N–H and O–H groups in total. The zero-order chi connectivity index (χ0) is 8.55. The standard InChI is InChI=1S/C7H5ClN2OS/c8-12(11)6-2-1-5-4-9-10-7(5)3-6/h1-4H,(H,9,10). The Hall–Kier alpha value is -0.870. The van der Waals surface area contributed by atoms with Crippen molar-refractivity contribution in [3.05, 3.63) is 24.4 Å². The fourth-order valence-corrected chi connectivity index (χ4v) is 1.69. The summed E-state index contributed by atoms with van der Waals surface area (Å²) >= 11 is 0. The minimum absolute atomic E-state index is 0.591. The van der Waals surface area contributed by atoms with Gasteiger partial charge in [-0.3, -0.25) is 5.10 Å². The molecule has 0 amide bonds. The molecule has 0 saturated carbocycles. The van der Waals surface area contributed by atoms with Crippen LogP contribution in [0, 0.1) is 0 Å². The predicted molar refractivity (Wildman–Crippen MR) is 48.4 cm³/mol. The van der Waals surface area contributed by atoms with Crippen molar-refractivity contribution in [3.63, 3.8) is 0 Å². The molecule has 0 saturated heterocycles. The molecule has 0 radical (unpaired) electrons. The van der Waals surface area contributed by atoms with Crippen LogP contribution in [-0.2, 0) is 10.0 Å². The van der Waals surface area contributed by atoms with Gasteiger partial charge >= 0.3 is 0 Å². The number of nitrogens with zero attached hydrogens (tertiary/aromatic N) is 1. The minimum atomic E-state index is -1.44. The van der Waals surface area contributed by atoms with Gasteiger partial charge in [-0.2, -0.15) is 5.10 Å². The minimum Gasteiger partial charge on any atom is -0.278 e. The summed E-state index contributed by atoms with van der Waals surface area (Å²) in [5.41, 5.74) is 0.849. The fraction of sp³-hybridized carbons (Fsp3) is 0. The van der Waals surface area contributed by atoms with Gasteiger partial charge in [-0.1, -0.05) is 0 Å². The number of benzene rings is 1. The molecule has 0 fully saturated rings. The van der Waals surface area contributed by atoms with E-state index in [2.05, 4.69) is 10.2 Å². The number of rotatable bonds is 1. The third-order valence-electron chi connectivity index (χ3n) is 1.60. The SMILES string of the molecule is O=S(Cl)c1ccc2cn[nH]c2c1. The van der Waals surface area contributed by atoms with E-state index in [-0.39, 0.29) is 0 Å². The lowest BCUT2D eigenvalue weighted by Crippen LogP contribution is -1.80. The molecule has 1 heterocycles. The topological polar surface area (TPSA) is 45.8 Å². The summed E-state index contributed by atoms with van der Waals surface area (Å²) in [4.78, 5) is 0.591. The highest BCUT2D eigenvalue weighted by Crippen LogP contribution is 2.16. The van der Waals surface area contributed by atoms with Gasteiger partial charge in [0.1, 0.15) is 10.0 Å². The average Bonchev–Trinajstić information content (AvgIpc) is 2.49. The molecule has 0 spiro atoms. The Labute approximate surface area is 75.7 Å². The van der Waals surface area contributed by atoms with Crippen molar-refractivity contribution in [2.24, 2.45) is 0 Å². The van der Waals surface area contributed by atoms with Gasteiger partial charge in [-0.15, -0.1) is 0 Å². The second kappa shape index (κ2) is 2.88. The number of aromatic amines is 1. The van der Waals surface area contributed by atoms with E-state index in [0.717, 1.165) is 10.9 Å². The van der Waals surface area contributed by atoms with E-state index in [0.29, 0.717) is 4.90 Å². The highest BCUT2D eigenvalue weighted by Gasteiger charge is 2.01. The molecule has 0 aliphatic heterocycles. The molecule has 0 aliphatic rings. The van der Waals surface area contributed by atoms with E-state index >= 15 is 0 Å². The molecule has 3 nitrogen and oxygen atoms in total. The summed E-state index contributed by atoms with van der Waals surface area (Å²) in [5.74, 6) is 0. The lowest BCUT2D eigenvalue weighted by molar-refractivity contribution is 0.691. The summed E-state index contributed by atoms with van der Waals surface area (Å²) in [7, 11) is 3.96. The Bertz CT molecular complexity index is 440. The van der Waals surface area contributed by atoms with E-state index in [4.69, 9.17) is 10.7 Å². The molecular weight excluding hydrogens is 196 g/mol. The normalized spacial score (nSPS) is 13.4. The average molecular weight is 201 g/mol. The number of hydrogen-bond donors (Lipinski definition) is 1. The maximum atomic E-state index is 10.9. The van der Waals surface area contributed by atoms with Gasteiger partial charge in [-0.05, 0) is 28.9 Å². The second-order valence-corrected chi connectivity index (χ2v) is 4.10. The van der Waals surface area contributed by atoms with Crippen LogP contribution in [0.3, 0.4) is 0 Å². The molecule has 1 aromatic heterocycles. The number of hydrogen-bond acceptors (Lipinski definition) is 2. The molecule has 1 aromatic carbocycles. The predicted octanol–water partition coefficient (Wildman–Crippen LogP) is 1.82. The zero-order valence-electron chi connectivity index (χ0n) is 5.95. The summed E-state index contributed by atoms with van der Waals surface area (Å²) in [6.07, 6.45) is 1.70. The van der Waals surface area contributed by atoms with E-state index in [1.807, 2.05) is 6.07 Å². The quantitative estimate of drug-likeness (QED) is 0.714. The highest BCUT2D eigenvalue weighted by atomic mass is 35.7. The van der Waals surface area contributed by atoms with Gasteiger partial charge in [0.15, 0.2) is 0 Å². The first-order valence-corrected chi connectivity index (χ1v) is 5.26. The van der Waals surface area contributed by atoms with Crippen LogP contribution >= 0.6 is 10.7 Å². The summed E-state index contributed by atoms with van der Waals surface area (Å²) in [6, 6.07) is 5.28. The monoisotopic (exact) mass is 200 g/mol. The van der Waals surface area contributed by atoms with Gasteiger partial charge in [0.2, 0.25) is 0 Å². The molecule has 2 rings (SSSR count). The third-order valence-corrected chi connectivity index (χ3v) is 2.76. The van der Waals surface area contributed by atoms with Gasteiger partial charge in [0.05, 0.1) is 16.6 Å². The maximum Gasteiger partial charge on any atom is 0.147 e. The number of fused-ring (bicyclic) bond motifs is 1. The Morgan fingerprint density at radius 1 is 1.50 bits per heavy atom. The van der Waals surface area contributed by atoms with Crippen LogP contribution in [0.4, 0.5) is 0 Å². The Morgan fingerprint density at radius 3 is 3.08 bits per heavy atom. The molecular formula is C7H5ClN2OS. The van der Waals surface area contributed by atoms with Crippen LogP contribution in [0.25, 0.3) is 10.9 Å². The lowest BCUT2D eigenvalue weighted by Gasteiger charge is -1.92.